The molecule has 1 aliphatic heterocycles. The van der Waals surface area contributed by atoms with Crippen LogP contribution in [0.2, 0.25) is 0 Å². The van der Waals surface area contributed by atoms with Crippen LogP contribution >= 0.6 is 0 Å². The van der Waals surface area contributed by atoms with E-state index in [1.165, 1.54) is 30.0 Å². The highest BCUT2D eigenvalue weighted by Gasteiger charge is 2.25. The molecule has 0 amide bonds. The summed E-state index contributed by atoms with van der Waals surface area (Å²) >= 11 is 0. The maximum Gasteiger partial charge on any atom is 0.435 e. The van der Waals surface area contributed by atoms with Gasteiger partial charge >= 0.3 is 6.09 Å². The Labute approximate surface area is 193 Å². The Morgan fingerprint density at radius 1 is 1.15 bits per heavy atom. The lowest BCUT2D eigenvalue weighted by Crippen LogP contribution is -2.54. The first-order chi connectivity index (χ1) is 16.2. The second-order valence-corrected chi connectivity index (χ2v) is 8.55. The van der Waals surface area contributed by atoms with Crippen molar-refractivity contribution >= 4 is 39.8 Å². The molecule has 0 unspecified atom stereocenters. The molecule has 34 heavy (non-hydrogen) atoms. The van der Waals surface area contributed by atoms with Crippen molar-refractivity contribution in [1.82, 2.24) is 29.7 Å². The zero-order valence-electron chi connectivity index (χ0n) is 19.1. The highest BCUT2D eigenvalue weighted by Crippen LogP contribution is 2.33. The summed E-state index contributed by atoms with van der Waals surface area (Å²) < 4.78 is 37.1. The molecule has 0 radical (unpaired) electrons. The van der Waals surface area contributed by atoms with Crippen LogP contribution in [-0.2, 0) is 4.74 Å². The van der Waals surface area contributed by atoms with E-state index in [-0.39, 0.29) is 40.1 Å². The average molecular weight is 470 g/mol. The summed E-state index contributed by atoms with van der Waals surface area (Å²) in [5.74, 6) is -0.720. The summed E-state index contributed by atoms with van der Waals surface area (Å²) in [6.45, 7) is 7.14. The molecule has 178 valence electrons. The third kappa shape index (κ3) is 3.79. The minimum atomic E-state index is -0.773. The molecule has 2 atom stereocenters. The van der Waals surface area contributed by atoms with Crippen molar-refractivity contribution in [3.63, 3.8) is 0 Å². The number of nitrogens with one attached hydrogen (secondary N) is 2. The van der Waals surface area contributed by atoms with Crippen molar-refractivity contribution in [2.75, 3.05) is 30.4 Å². The number of pyridine rings is 1. The number of carbonyl (C=O) groups is 1. The molecule has 3 aromatic heterocycles. The van der Waals surface area contributed by atoms with E-state index in [0.717, 1.165) is 4.68 Å². The zero-order chi connectivity index (χ0) is 24.1. The summed E-state index contributed by atoms with van der Waals surface area (Å²) in [5.41, 5.74) is 1.21. The Kier molecular flexibility index (Phi) is 5.31. The van der Waals surface area contributed by atoms with Gasteiger partial charge in [-0.05, 0) is 32.9 Å². The van der Waals surface area contributed by atoms with E-state index in [0.29, 0.717) is 24.6 Å². The van der Waals surface area contributed by atoms with Crippen molar-refractivity contribution in [3.8, 4) is 0 Å². The standard InChI is InChI=1S/C22H24F2N8O2/c1-11-8-30(9-12(2)25-11)15-6-16(23)19-18(7-15)32(22(33)34-4)29-20(19)27-14-5-17(24)21-26-13(3)28-31(21)10-14/h5-7,10-12,25H,8-9H2,1-4H3,(H,27,29)/t11-,12+. The van der Waals surface area contributed by atoms with Crippen LogP contribution in [0.4, 0.5) is 30.8 Å². The quantitative estimate of drug-likeness (QED) is 0.471. The number of nitrogens with zero attached hydrogens (tertiary/aromatic N) is 6. The molecule has 12 heteroatoms. The van der Waals surface area contributed by atoms with Gasteiger partial charge in [0.25, 0.3) is 0 Å². The van der Waals surface area contributed by atoms with Crippen LogP contribution in [0.15, 0.2) is 24.4 Å². The lowest BCUT2D eigenvalue weighted by Gasteiger charge is -2.37. The number of hydrogen-bond donors (Lipinski definition) is 2. The van der Waals surface area contributed by atoms with Crippen LogP contribution in [0.1, 0.15) is 19.7 Å². The number of rotatable bonds is 3. The number of anilines is 3. The Bertz CT molecular complexity index is 1410. The largest absolute Gasteiger partial charge is 0.451 e. The van der Waals surface area contributed by atoms with Crippen molar-refractivity contribution in [2.24, 2.45) is 0 Å². The van der Waals surface area contributed by atoms with Gasteiger partial charge in [0.2, 0.25) is 0 Å². The third-order valence-electron chi connectivity index (χ3n) is 5.75. The summed E-state index contributed by atoms with van der Waals surface area (Å²) in [6, 6.07) is 4.78. The van der Waals surface area contributed by atoms with Crippen LogP contribution in [0, 0.1) is 18.6 Å². The van der Waals surface area contributed by atoms with Crippen molar-refractivity contribution in [1.29, 1.82) is 0 Å². The normalized spacial score (nSPS) is 18.6. The second kappa shape index (κ2) is 8.20. The first-order valence-corrected chi connectivity index (χ1v) is 10.8. The lowest BCUT2D eigenvalue weighted by molar-refractivity contribution is 0.170. The number of piperazine rings is 1. The molecule has 0 saturated carbocycles. The Morgan fingerprint density at radius 2 is 1.88 bits per heavy atom. The Hall–Kier alpha value is -3.80. The number of carbonyl (C=O) groups excluding carboxylic acids is 1. The predicted molar refractivity (Wildman–Crippen MR) is 123 cm³/mol. The third-order valence-corrected chi connectivity index (χ3v) is 5.75. The SMILES string of the molecule is COC(=O)n1nc(Nc2cc(F)c3nc(C)nn3c2)c2c(F)cc(N3C[C@@H](C)N[C@@H](C)C3)cc21. The molecule has 0 aliphatic carbocycles. The molecular formula is C22H24F2N8O2. The highest BCUT2D eigenvalue weighted by atomic mass is 19.1. The van der Waals surface area contributed by atoms with E-state index in [4.69, 9.17) is 4.74 Å². The van der Waals surface area contributed by atoms with Crippen molar-refractivity contribution in [2.45, 2.75) is 32.9 Å². The van der Waals surface area contributed by atoms with Gasteiger partial charge in [0, 0.05) is 36.9 Å². The van der Waals surface area contributed by atoms with E-state index in [1.807, 2.05) is 0 Å². The van der Waals surface area contributed by atoms with Gasteiger partial charge in [-0.3, -0.25) is 0 Å². The number of halogens is 2. The summed E-state index contributed by atoms with van der Waals surface area (Å²) in [5, 5.41) is 14.8. The number of aromatic nitrogens is 5. The van der Waals surface area contributed by atoms with E-state index in [9.17, 15) is 9.18 Å². The molecule has 2 N–H and O–H groups in total. The summed E-state index contributed by atoms with van der Waals surface area (Å²) in [6.07, 6.45) is 0.738. The fourth-order valence-corrected chi connectivity index (χ4v) is 4.48. The number of benzene rings is 1. The number of methoxy groups -OCH3 is 1. The molecule has 4 aromatic rings. The first kappa shape index (κ1) is 22.0. The molecule has 1 fully saturated rings. The molecule has 0 spiro atoms. The number of ether oxygens (including phenoxy) is 1. The minimum Gasteiger partial charge on any atom is -0.451 e. The van der Waals surface area contributed by atoms with Crippen LogP contribution in [-0.4, -0.2) is 62.8 Å². The molecular weight excluding hydrogens is 446 g/mol. The van der Waals surface area contributed by atoms with Gasteiger partial charge in [-0.25, -0.2) is 23.1 Å². The Balaban J connectivity index is 1.61. The summed E-state index contributed by atoms with van der Waals surface area (Å²) in [7, 11) is 1.22. The highest BCUT2D eigenvalue weighted by molar-refractivity contribution is 5.98. The lowest BCUT2D eigenvalue weighted by atomic mass is 10.1. The number of fused-ring (bicyclic) bond motifs is 2. The topological polar surface area (TPSA) is 102 Å². The summed E-state index contributed by atoms with van der Waals surface area (Å²) in [4.78, 5) is 18.5. The zero-order valence-corrected chi connectivity index (χ0v) is 19.1. The Morgan fingerprint density at radius 3 is 2.59 bits per heavy atom. The van der Waals surface area contributed by atoms with E-state index in [2.05, 4.69) is 44.6 Å². The first-order valence-electron chi connectivity index (χ1n) is 10.8. The second-order valence-electron chi connectivity index (χ2n) is 8.55. The molecule has 0 bridgehead atoms. The number of aryl methyl sites for hydroxylation is 1. The fraction of sp³-hybridized carbons (Fsp3) is 0.364. The smallest absolute Gasteiger partial charge is 0.435 e. The number of hydrogen-bond acceptors (Lipinski definition) is 8. The van der Waals surface area contributed by atoms with Crippen LogP contribution in [0.3, 0.4) is 0 Å². The molecule has 1 aromatic carbocycles. The van der Waals surface area contributed by atoms with E-state index in [1.54, 1.807) is 13.0 Å². The maximum atomic E-state index is 15.5. The van der Waals surface area contributed by atoms with Gasteiger partial charge in [0.15, 0.2) is 17.3 Å². The van der Waals surface area contributed by atoms with E-state index < -0.39 is 17.7 Å². The van der Waals surface area contributed by atoms with Crippen LogP contribution < -0.4 is 15.5 Å². The van der Waals surface area contributed by atoms with Gasteiger partial charge < -0.3 is 20.3 Å². The molecule has 1 aliphatic rings. The van der Waals surface area contributed by atoms with Gasteiger partial charge in [-0.1, -0.05) is 0 Å². The van der Waals surface area contributed by atoms with Gasteiger partial charge in [0.1, 0.15) is 11.6 Å². The maximum absolute atomic E-state index is 15.5. The molecule has 5 rings (SSSR count). The molecule has 10 nitrogen and oxygen atoms in total. The van der Waals surface area contributed by atoms with Gasteiger partial charge in [0.05, 0.1) is 29.9 Å². The van der Waals surface area contributed by atoms with Gasteiger partial charge in [-0.2, -0.15) is 9.78 Å². The average Bonchev–Trinajstić information content (AvgIpc) is 3.33. The molecule has 1 saturated heterocycles. The fourth-order valence-electron chi connectivity index (χ4n) is 4.48. The van der Waals surface area contributed by atoms with Crippen LogP contribution in [0.25, 0.3) is 16.6 Å². The van der Waals surface area contributed by atoms with Crippen molar-refractivity contribution in [3.05, 3.63) is 41.9 Å². The molecule has 4 heterocycles. The van der Waals surface area contributed by atoms with Crippen molar-refractivity contribution < 1.29 is 18.3 Å². The minimum absolute atomic E-state index is 0.0436. The van der Waals surface area contributed by atoms with Crippen LogP contribution in [0.5, 0.6) is 0 Å². The predicted octanol–water partition coefficient (Wildman–Crippen LogP) is 3.21. The monoisotopic (exact) mass is 470 g/mol. The van der Waals surface area contributed by atoms with Gasteiger partial charge in [-0.15, -0.1) is 5.10 Å². The van der Waals surface area contributed by atoms with E-state index >= 15 is 4.39 Å².